The number of rotatable bonds is 2. The molecule has 0 bridgehead atoms. The smallest absolute Gasteiger partial charge is 0.0230 e. The number of fused-ring (bicyclic) bond motifs is 1. The van der Waals surface area contributed by atoms with Crippen LogP contribution in [0.25, 0.3) is 0 Å². The molecule has 1 aliphatic carbocycles. The van der Waals surface area contributed by atoms with Crippen molar-refractivity contribution in [1.29, 1.82) is 0 Å². The van der Waals surface area contributed by atoms with Crippen LogP contribution in [0.2, 0.25) is 0 Å². The topological polar surface area (TPSA) is 52.0 Å². The molecule has 1 radical (unpaired) electrons. The number of nitrogens with two attached hydrogens (primary N) is 2. The molecule has 1 aliphatic heterocycles. The average Bonchev–Trinajstić information content (AvgIpc) is 2.60. The minimum atomic E-state index is -1.56. The van der Waals surface area contributed by atoms with Crippen LogP contribution in [0.3, 0.4) is 0 Å². The van der Waals surface area contributed by atoms with Crippen LogP contribution in [0, 0.1) is 0 Å². The van der Waals surface area contributed by atoms with Gasteiger partial charge in [-0.3, -0.25) is 0 Å². The van der Waals surface area contributed by atoms with Crippen molar-refractivity contribution in [3.8, 4) is 0 Å². The lowest BCUT2D eigenvalue weighted by Crippen LogP contribution is -2.28. The molecule has 2 unspecified atom stereocenters. The summed E-state index contributed by atoms with van der Waals surface area (Å²) in [5.74, 6) is 0. The van der Waals surface area contributed by atoms with Crippen molar-refractivity contribution in [2.24, 2.45) is 11.0 Å². The fourth-order valence-corrected chi connectivity index (χ4v) is 8.61. The third-order valence-electron chi connectivity index (χ3n) is 4.83. The standard InChI is InChI=1S/C10H22N2P/c1-3-9-7-5-6-8-10(9,4-2)13(9,11)12/h3-8,11-12H2,1-2H3. The van der Waals surface area contributed by atoms with Crippen LogP contribution in [0.1, 0.15) is 52.4 Å². The second kappa shape index (κ2) is 2.68. The van der Waals surface area contributed by atoms with Gasteiger partial charge in [-0.1, -0.05) is 26.7 Å². The van der Waals surface area contributed by atoms with Crippen LogP contribution in [-0.4, -0.2) is 10.3 Å². The van der Waals surface area contributed by atoms with Gasteiger partial charge in [0.2, 0.25) is 0 Å². The maximum absolute atomic E-state index is 6.39. The Morgan fingerprint density at radius 1 is 1.00 bits per heavy atom. The van der Waals surface area contributed by atoms with E-state index in [0.29, 0.717) is 10.3 Å². The molecule has 2 nitrogen and oxygen atoms in total. The molecular formula is C10H22N2P. The molecule has 2 aliphatic rings. The minimum absolute atomic E-state index is 0.396. The van der Waals surface area contributed by atoms with E-state index in [4.69, 9.17) is 11.0 Å². The minimum Gasteiger partial charge on any atom is -0.302 e. The van der Waals surface area contributed by atoms with Gasteiger partial charge in [-0.05, 0) is 33.2 Å². The second-order valence-electron chi connectivity index (χ2n) is 4.75. The van der Waals surface area contributed by atoms with E-state index in [-0.39, 0.29) is 0 Å². The van der Waals surface area contributed by atoms with Crippen LogP contribution in [0.5, 0.6) is 0 Å². The van der Waals surface area contributed by atoms with E-state index >= 15 is 0 Å². The summed E-state index contributed by atoms with van der Waals surface area (Å²) in [6, 6.07) is 0. The van der Waals surface area contributed by atoms with Gasteiger partial charge in [-0.2, -0.15) is 0 Å². The largest absolute Gasteiger partial charge is 0.302 e. The predicted molar refractivity (Wildman–Crippen MR) is 59.8 cm³/mol. The molecule has 2 atom stereocenters. The normalized spacial score (nSPS) is 47.1. The SMILES string of the molecule is CCC12CCCCC1(CC)[P]2(N)N. The molecule has 13 heavy (non-hydrogen) atoms. The van der Waals surface area contributed by atoms with E-state index < -0.39 is 7.56 Å². The van der Waals surface area contributed by atoms with Gasteiger partial charge in [0, 0.05) is 10.3 Å². The third kappa shape index (κ3) is 0.813. The van der Waals surface area contributed by atoms with Gasteiger partial charge in [0.1, 0.15) is 0 Å². The van der Waals surface area contributed by atoms with Crippen molar-refractivity contribution >= 4 is 7.56 Å². The molecular weight excluding hydrogens is 179 g/mol. The number of hydrogen-bond acceptors (Lipinski definition) is 2. The Labute approximate surface area is 81.9 Å². The van der Waals surface area contributed by atoms with Gasteiger partial charge in [0.15, 0.2) is 0 Å². The zero-order valence-electron chi connectivity index (χ0n) is 8.84. The van der Waals surface area contributed by atoms with E-state index in [1.807, 2.05) is 0 Å². The summed E-state index contributed by atoms with van der Waals surface area (Å²) >= 11 is 0. The first-order valence-electron chi connectivity index (χ1n) is 5.54. The van der Waals surface area contributed by atoms with E-state index in [1.165, 1.54) is 38.5 Å². The fourth-order valence-electron chi connectivity index (χ4n) is 4.01. The lowest BCUT2D eigenvalue weighted by atomic mass is 9.77. The molecule has 0 amide bonds. The second-order valence-corrected chi connectivity index (χ2v) is 8.02. The van der Waals surface area contributed by atoms with Crippen LogP contribution in [0.4, 0.5) is 0 Å². The first-order valence-corrected chi connectivity index (χ1v) is 7.47. The monoisotopic (exact) mass is 201 g/mol. The molecule has 0 aromatic heterocycles. The van der Waals surface area contributed by atoms with Crippen molar-refractivity contribution < 1.29 is 0 Å². The van der Waals surface area contributed by atoms with Crippen molar-refractivity contribution in [2.45, 2.75) is 62.7 Å². The highest BCUT2D eigenvalue weighted by atomic mass is 31.2. The fraction of sp³-hybridized carbons (Fsp3) is 1.00. The molecule has 2 fully saturated rings. The van der Waals surface area contributed by atoms with Gasteiger partial charge in [0.25, 0.3) is 0 Å². The summed E-state index contributed by atoms with van der Waals surface area (Å²) < 4.78 is 0. The Hall–Kier alpha value is 0.350. The Bertz CT molecular complexity index is 207. The average molecular weight is 201 g/mol. The first kappa shape index (κ1) is 9.89. The Kier molecular flexibility index (Phi) is 2.04. The highest BCUT2D eigenvalue weighted by Crippen LogP contribution is 2.94. The molecule has 0 aromatic rings. The third-order valence-corrected chi connectivity index (χ3v) is 9.38. The van der Waals surface area contributed by atoms with Gasteiger partial charge >= 0.3 is 0 Å². The summed E-state index contributed by atoms with van der Waals surface area (Å²) in [7, 11) is -1.56. The first-order chi connectivity index (χ1) is 6.08. The van der Waals surface area contributed by atoms with Crippen LogP contribution in [-0.2, 0) is 0 Å². The molecule has 1 saturated carbocycles. The van der Waals surface area contributed by atoms with E-state index in [9.17, 15) is 0 Å². The molecule has 1 saturated heterocycles. The van der Waals surface area contributed by atoms with Crippen LogP contribution < -0.4 is 11.0 Å². The summed E-state index contributed by atoms with van der Waals surface area (Å²) in [5, 5.41) is 0.792. The Morgan fingerprint density at radius 3 is 1.69 bits per heavy atom. The van der Waals surface area contributed by atoms with E-state index in [2.05, 4.69) is 13.8 Å². The maximum Gasteiger partial charge on any atom is 0.0230 e. The summed E-state index contributed by atoms with van der Waals surface area (Å²) in [6.07, 6.45) is 7.73. The lowest BCUT2D eigenvalue weighted by molar-refractivity contribution is 0.356. The van der Waals surface area contributed by atoms with Crippen LogP contribution >= 0.6 is 7.56 Å². The quantitative estimate of drug-likeness (QED) is 0.675. The van der Waals surface area contributed by atoms with Gasteiger partial charge < -0.3 is 11.0 Å². The molecule has 77 valence electrons. The molecule has 4 N–H and O–H groups in total. The Morgan fingerprint density at radius 2 is 1.38 bits per heavy atom. The van der Waals surface area contributed by atoms with Gasteiger partial charge in [-0.15, -0.1) is 0 Å². The van der Waals surface area contributed by atoms with Crippen molar-refractivity contribution in [3.05, 3.63) is 0 Å². The summed E-state index contributed by atoms with van der Waals surface area (Å²) in [6.45, 7) is 4.55. The summed E-state index contributed by atoms with van der Waals surface area (Å²) in [4.78, 5) is 0. The summed E-state index contributed by atoms with van der Waals surface area (Å²) in [5.41, 5.74) is 12.8. The van der Waals surface area contributed by atoms with E-state index in [0.717, 1.165) is 0 Å². The maximum atomic E-state index is 6.39. The Balaban J connectivity index is 2.34. The van der Waals surface area contributed by atoms with E-state index in [1.54, 1.807) is 0 Å². The van der Waals surface area contributed by atoms with Crippen molar-refractivity contribution in [1.82, 2.24) is 0 Å². The highest BCUT2D eigenvalue weighted by molar-refractivity contribution is 7.82. The predicted octanol–water partition coefficient (Wildman–Crippen LogP) is 2.64. The number of hydrogen-bond donors (Lipinski definition) is 2. The zero-order chi connectivity index (χ0) is 9.74. The lowest BCUT2D eigenvalue weighted by Gasteiger charge is -2.26. The zero-order valence-corrected chi connectivity index (χ0v) is 9.74. The molecule has 0 spiro atoms. The van der Waals surface area contributed by atoms with Crippen molar-refractivity contribution in [3.63, 3.8) is 0 Å². The molecule has 0 aromatic carbocycles. The van der Waals surface area contributed by atoms with Gasteiger partial charge in [-0.25, -0.2) is 0 Å². The molecule has 3 heteroatoms. The molecule has 1 heterocycles. The van der Waals surface area contributed by atoms with Crippen LogP contribution in [0.15, 0.2) is 0 Å². The van der Waals surface area contributed by atoms with Gasteiger partial charge in [0.05, 0.1) is 0 Å². The van der Waals surface area contributed by atoms with Crippen molar-refractivity contribution in [2.75, 3.05) is 0 Å². The molecule has 2 rings (SSSR count). The highest BCUT2D eigenvalue weighted by Gasteiger charge is 2.80.